The number of carbonyl (C=O) groups is 1. The molecule has 0 spiro atoms. The summed E-state index contributed by atoms with van der Waals surface area (Å²) >= 11 is 0. The van der Waals surface area contributed by atoms with Gasteiger partial charge in [-0.15, -0.1) is 5.10 Å². The zero-order valence-electron chi connectivity index (χ0n) is 14.1. The Morgan fingerprint density at radius 3 is 2.50 bits per heavy atom. The predicted octanol–water partition coefficient (Wildman–Crippen LogP) is 3.54. The minimum absolute atomic E-state index is 0.108. The molecule has 2 aromatic heterocycles. The molecular formula is C17H16N4O5. The molecule has 26 heavy (non-hydrogen) atoms. The van der Waals surface area contributed by atoms with E-state index in [4.69, 9.17) is 8.83 Å². The summed E-state index contributed by atoms with van der Waals surface area (Å²) < 4.78 is 10.2. The minimum Gasteiger partial charge on any atom is -0.407 e. The lowest BCUT2D eigenvalue weighted by Gasteiger charge is -2.05. The van der Waals surface area contributed by atoms with Crippen LogP contribution in [0.2, 0.25) is 0 Å². The maximum Gasteiger partial charge on any atom is 0.433 e. The van der Waals surface area contributed by atoms with Gasteiger partial charge in [0.15, 0.2) is 5.76 Å². The van der Waals surface area contributed by atoms with Gasteiger partial charge in [0, 0.05) is 0 Å². The molecule has 0 radical (unpaired) electrons. The fourth-order valence-electron chi connectivity index (χ4n) is 2.28. The zero-order valence-corrected chi connectivity index (χ0v) is 14.1. The molecule has 0 aliphatic heterocycles. The van der Waals surface area contributed by atoms with Crippen LogP contribution in [0.4, 0.5) is 11.9 Å². The molecule has 1 aromatic carbocycles. The molecular weight excluding hydrogens is 340 g/mol. The van der Waals surface area contributed by atoms with Crippen LogP contribution in [0.3, 0.4) is 0 Å². The molecule has 134 valence electrons. The summed E-state index contributed by atoms with van der Waals surface area (Å²) in [6.07, 6.45) is 0.424. The van der Waals surface area contributed by atoms with E-state index < -0.39 is 16.7 Å². The number of rotatable bonds is 6. The van der Waals surface area contributed by atoms with Gasteiger partial charge in [-0.3, -0.25) is 20.2 Å². The molecule has 0 atom stereocenters. The number of nitro groups is 1. The van der Waals surface area contributed by atoms with Crippen molar-refractivity contribution in [3.63, 3.8) is 0 Å². The minimum atomic E-state index is -0.730. The number of nitrogens with zero attached hydrogens (tertiary/aromatic N) is 3. The lowest BCUT2D eigenvalue weighted by molar-refractivity contribution is -0.402. The Balaban J connectivity index is 1.63. The summed E-state index contributed by atoms with van der Waals surface area (Å²) in [6, 6.07) is 10.2. The Labute approximate surface area is 148 Å². The van der Waals surface area contributed by atoms with Crippen molar-refractivity contribution >= 4 is 17.8 Å². The standard InChI is InChI=1S/C17H16N4O5/c1-10(2)12-5-3-11(4-6-12)9-14-19-20-17(26-14)18-16(22)13-7-8-15(25-13)21(23)24/h3-8,10H,9H2,1-2H3,(H,18,20,22). The van der Waals surface area contributed by atoms with Crippen LogP contribution in [-0.2, 0) is 6.42 Å². The summed E-state index contributed by atoms with van der Waals surface area (Å²) in [5.41, 5.74) is 2.23. The van der Waals surface area contributed by atoms with Gasteiger partial charge in [0.05, 0.1) is 12.5 Å². The molecule has 3 rings (SSSR count). The Morgan fingerprint density at radius 1 is 1.15 bits per heavy atom. The number of aromatic nitrogens is 2. The van der Waals surface area contributed by atoms with Crippen molar-refractivity contribution in [1.82, 2.24) is 10.2 Å². The average Bonchev–Trinajstić information content (AvgIpc) is 3.25. The van der Waals surface area contributed by atoms with Gasteiger partial charge in [0.1, 0.15) is 4.92 Å². The Hall–Kier alpha value is -3.49. The van der Waals surface area contributed by atoms with Gasteiger partial charge < -0.3 is 8.83 Å². The molecule has 9 nitrogen and oxygen atoms in total. The lowest BCUT2D eigenvalue weighted by atomic mass is 10.0. The summed E-state index contributed by atoms with van der Waals surface area (Å²) in [5, 5.41) is 20.5. The number of amides is 1. The molecule has 0 aliphatic rings. The predicted molar refractivity (Wildman–Crippen MR) is 91.0 cm³/mol. The third-order valence-corrected chi connectivity index (χ3v) is 3.68. The smallest absolute Gasteiger partial charge is 0.407 e. The van der Waals surface area contributed by atoms with Crippen LogP contribution in [0.1, 0.15) is 47.3 Å². The van der Waals surface area contributed by atoms with E-state index in [0.29, 0.717) is 18.2 Å². The zero-order chi connectivity index (χ0) is 18.7. The van der Waals surface area contributed by atoms with Crippen molar-refractivity contribution in [1.29, 1.82) is 0 Å². The molecule has 1 amide bonds. The van der Waals surface area contributed by atoms with Crippen LogP contribution in [0.15, 0.2) is 45.2 Å². The molecule has 0 fully saturated rings. The van der Waals surface area contributed by atoms with E-state index in [1.165, 1.54) is 11.6 Å². The maximum absolute atomic E-state index is 12.0. The van der Waals surface area contributed by atoms with E-state index in [9.17, 15) is 14.9 Å². The quantitative estimate of drug-likeness (QED) is 0.529. The molecule has 9 heteroatoms. The number of carbonyl (C=O) groups excluding carboxylic acids is 1. The van der Waals surface area contributed by atoms with Gasteiger partial charge in [0.25, 0.3) is 5.91 Å². The maximum atomic E-state index is 12.0. The van der Waals surface area contributed by atoms with Crippen molar-refractivity contribution in [2.24, 2.45) is 0 Å². The Kier molecular flexibility index (Phi) is 4.78. The second-order valence-electron chi connectivity index (χ2n) is 5.92. The highest BCUT2D eigenvalue weighted by atomic mass is 16.6. The summed E-state index contributed by atoms with van der Waals surface area (Å²) in [6.45, 7) is 4.24. The van der Waals surface area contributed by atoms with E-state index in [2.05, 4.69) is 29.4 Å². The van der Waals surface area contributed by atoms with E-state index in [-0.39, 0.29) is 11.8 Å². The second-order valence-corrected chi connectivity index (χ2v) is 5.92. The van der Waals surface area contributed by atoms with Gasteiger partial charge in [-0.25, -0.2) is 0 Å². The van der Waals surface area contributed by atoms with E-state index >= 15 is 0 Å². The molecule has 2 heterocycles. The molecule has 1 N–H and O–H groups in total. The van der Waals surface area contributed by atoms with Gasteiger partial charge >= 0.3 is 11.9 Å². The first-order valence-corrected chi connectivity index (χ1v) is 7.89. The first-order chi connectivity index (χ1) is 12.4. The number of hydrogen-bond donors (Lipinski definition) is 1. The van der Waals surface area contributed by atoms with Crippen LogP contribution >= 0.6 is 0 Å². The van der Waals surface area contributed by atoms with Gasteiger partial charge in [0.2, 0.25) is 5.89 Å². The van der Waals surface area contributed by atoms with E-state index in [0.717, 1.165) is 11.6 Å². The fourth-order valence-corrected chi connectivity index (χ4v) is 2.28. The van der Waals surface area contributed by atoms with Gasteiger partial charge in [-0.1, -0.05) is 43.2 Å². The van der Waals surface area contributed by atoms with Crippen LogP contribution in [0.5, 0.6) is 0 Å². The summed E-state index contributed by atoms with van der Waals surface area (Å²) in [4.78, 5) is 21.8. The number of benzene rings is 1. The molecule has 0 unspecified atom stereocenters. The highest BCUT2D eigenvalue weighted by molar-refractivity contribution is 6.01. The largest absolute Gasteiger partial charge is 0.433 e. The van der Waals surface area contributed by atoms with Gasteiger partial charge in [-0.2, -0.15) is 0 Å². The number of hydrogen-bond acceptors (Lipinski definition) is 7. The molecule has 3 aromatic rings. The average molecular weight is 356 g/mol. The first kappa shape index (κ1) is 17.3. The topological polar surface area (TPSA) is 124 Å². The number of furan rings is 1. The highest BCUT2D eigenvalue weighted by Gasteiger charge is 2.19. The monoisotopic (exact) mass is 356 g/mol. The van der Waals surface area contributed by atoms with Crippen LogP contribution in [-0.4, -0.2) is 21.0 Å². The third kappa shape index (κ3) is 3.94. The lowest BCUT2D eigenvalue weighted by Crippen LogP contribution is -2.11. The van der Waals surface area contributed by atoms with E-state index in [1.807, 2.05) is 24.3 Å². The van der Waals surface area contributed by atoms with Crippen LogP contribution in [0, 0.1) is 10.1 Å². The van der Waals surface area contributed by atoms with E-state index in [1.54, 1.807) is 0 Å². The first-order valence-electron chi connectivity index (χ1n) is 7.89. The third-order valence-electron chi connectivity index (χ3n) is 3.68. The molecule has 0 saturated carbocycles. The number of nitrogens with one attached hydrogen (secondary N) is 1. The SMILES string of the molecule is CC(C)c1ccc(Cc2nnc(NC(=O)c3ccc([N+](=O)[O-])o3)o2)cc1. The second kappa shape index (κ2) is 7.18. The number of anilines is 1. The van der Waals surface area contributed by atoms with Crippen molar-refractivity contribution in [2.45, 2.75) is 26.2 Å². The fraction of sp³-hybridized carbons (Fsp3) is 0.235. The van der Waals surface area contributed by atoms with Crippen molar-refractivity contribution in [3.05, 3.63) is 69.3 Å². The highest BCUT2D eigenvalue weighted by Crippen LogP contribution is 2.19. The van der Waals surface area contributed by atoms with Crippen molar-refractivity contribution in [2.75, 3.05) is 5.32 Å². The normalized spacial score (nSPS) is 10.9. The molecule has 0 saturated heterocycles. The summed E-state index contributed by atoms with van der Waals surface area (Å²) in [5.74, 6) is -0.670. The molecule has 0 aliphatic carbocycles. The van der Waals surface area contributed by atoms with Crippen LogP contribution < -0.4 is 5.32 Å². The Bertz CT molecular complexity index is 927. The van der Waals surface area contributed by atoms with Crippen molar-refractivity contribution in [3.8, 4) is 0 Å². The van der Waals surface area contributed by atoms with Crippen molar-refractivity contribution < 1.29 is 18.6 Å². The summed E-state index contributed by atoms with van der Waals surface area (Å²) in [7, 11) is 0. The molecule has 0 bridgehead atoms. The van der Waals surface area contributed by atoms with Gasteiger partial charge in [-0.05, 0) is 23.1 Å². The Morgan fingerprint density at radius 2 is 1.88 bits per heavy atom. The van der Waals surface area contributed by atoms with Crippen LogP contribution in [0.25, 0.3) is 0 Å².